The third-order valence-corrected chi connectivity index (χ3v) is 3.46. The summed E-state index contributed by atoms with van der Waals surface area (Å²) in [5, 5.41) is 8.67. The lowest BCUT2D eigenvalue weighted by Crippen LogP contribution is -2.33. The van der Waals surface area contributed by atoms with Crippen molar-refractivity contribution in [1.82, 2.24) is 5.32 Å². The molecule has 1 atom stereocenters. The highest BCUT2D eigenvalue weighted by Gasteiger charge is 2.15. The molecule has 0 aliphatic carbocycles. The summed E-state index contributed by atoms with van der Waals surface area (Å²) in [4.78, 5) is 23.1. The van der Waals surface area contributed by atoms with Crippen molar-refractivity contribution in [3.63, 3.8) is 0 Å². The number of carbonyl (C=O) groups excluding carboxylic acids is 2. The highest BCUT2D eigenvalue weighted by Crippen LogP contribution is 2.14. The van der Waals surface area contributed by atoms with Crippen molar-refractivity contribution in [2.45, 2.75) is 32.3 Å². The van der Waals surface area contributed by atoms with E-state index in [9.17, 15) is 9.59 Å². The molecule has 1 aliphatic rings. The molecule has 22 heavy (non-hydrogen) atoms. The van der Waals surface area contributed by atoms with E-state index in [1.165, 1.54) is 0 Å². The van der Waals surface area contributed by atoms with E-state index in [1.54, 1.807) is 31.2 Å². The fourth-order valence-corrected chi connectivity index (χ4v) is 2.24. The predicted octanol–water partition coefficient (Wildman–Crippen LogP) is 1.74. The van der Waals surface area contributed by atoms with Crippen molar-refractivity contribution in [2.24, 2.45) is 0 Å². The van der Waals surface area contributed by atoms with E-state index in [1.807, 2.05) is 0 Å². The summed E-state index contributed by atoms with van der Waals surface area (Å²) in [6.07, 6.45) is 2.82. The van der Waals surface area contributed by atoms with Crippen LogP contribution in [0.1, 0.15) is 26.2 Å². The average molecular weight is 305 g/mol. The molecule has 1 heterocycles. The first-order valence-corrected chi connectivity index (χ1v) is 7.69. The van der Waals surface area contributed by atoms with Crippen LogP contribution in [0.5, 0.6) is 0 Å². The molecule has 0 saturated carbocycles. The minimum absolute atomic E-state index is 0.0323. The van der Waals surface area contributed by atoms with Gasteiger partial charge < -0.3 is 20.7 Å². The third kappa shape index (κ3) is 5.46. The number of nitrogens with one attached hydrogen (secondary N) is 3. The summed E-state index contributed by atoms with van der Waals surface area (Å²) in [6, 6.07) is 7.07. The Labute approximate surface area is 130 Å². The average Bonchev–Trinajstić information content (AvgIpc) is 3.02. The van der Waals surface area contributed by atoms with E-state index >= 15 is 0 Å². The third-order valence-electron chi connectivity index (χ3n) is 3.46. The van der Waals surface area contributed by atoms with Gasteiger partial charge in [0.05, 0.1) is 12.6 Å². The molecule has 0 radical (unpaired) electrons. The molecule has 1 fully saturated rings. The van der Waals surface area contributed by atoms with Crippen molar-refractivity contribution in [2.75, 3.05) is 30.3 Å². The van der Waals surface area contributed by atoms with Crippen LogP contribution in [-0.4, -0.2) is 37.6 Å². The molecule has 3 N–H and O–H groups in total. The molecule has 6 heteroatoms. The normalized spacial score (nSPS) is 17.2. The highest BCUT2D eigenvalue weighted by molar-refractivity contribution is 5.93. The Bertz CT molecular complexity index is 496. The van der Waals surface area contributed by atoms with Crippen molar-refractivity contribution in [1.29, 1.82) is 0 Å². The molecule has 1 unspecified atom stereocenters. The van der Waals surface area contributed by atoms with Gasteiger partial charge in [-0.05, 0) is 37.1 Å². The standard InChI is InChI=1S/C16H23N3O3/c1-2-15(20)18-12-5-7-13(8-6-12)19-16(21)11-17-10-14-4-3-9-22-14/h5-8,14,17H,2-4,9-11H2,1H3,(H,18,20)(H,19,21). The fourth-order valence-electron chi connectivity index (χ4n) is 2.24. The second-order valence-electron chi connectivity index (χ2n) is 5.29. The molecule has 6 nitrogen and oxygen atoms in total. The quantitative estimate of drug-likeness (QED) is 0.717. The monoisotopic (exact) mass is 305 g/mol. The van der Waals surface area contributed by atoms with Gasteiger partial charge in [-0.25, -0.2) is 0 Å². The Morgan fingerprint density at radius 2 is 1.77 bits per heavy atom. The van der Waals surface area contributed by atoms with Gasteiger partial charge in [-0.1, -0.05) is 6.92 Å². The second kappa shape index (κ2) is 8.51. The largest absolute Gasteiger partial charge is 0.377 e. The van der Waals surface area contributed by atoms with Crippen LogP contribution in [0.3, 0.4) is 0 Å². The van der Waals surface area contributed by atoms with Crippen LogP contribution >= 0.6 is 0 Å². The number of ether oxygens (including phenoxy) is 1. The minimum atomic E-state index is -0.0941. The van der Waals surface area contributed by atoms with Crippen LogP contribution in [0.25, 0.3) is 0 Å². The molecule has 1 saturated heterocycles. The molecule has 2 amide bonds. The van der Waals surface area contributed by atoms with Crippen LogP contribution in [0.15, 0.2) is 24.3 Å². The van der Waals surface area contributed by atoms with Gasteiger partial charge in [0.1, 0.15) is 0 Å². The Kier molecular flexibility index (Phi) is 6.36. The zero-order valence-electron chi connectivity index (χ0n) is 12.9. The van der Waals surface area contributed by atoms with Crippen LogP contribution in [0, 0.1) is 0 Å². The predicted molar refractivity (Wildman–Crippen MR) is 85.8 cm³/mol. The van der Waals surface area contributed by atoms with Crippen LogP contribution in [-0.2, 0) is 14.3 Å². The molecular formula is C16H23N3O3. The van der Waals surface area contributed by atoms with Gasteiger partial charge >= 0.3 is 0 Å². The Balaban J connectivity index is 1.70. The van der Waals surface area contributed by atoms with Gasteiger partial charge in [0.25, 0.3) is 0 Å². The molecular weight excluding hydrogens is 282 g/mol. The Hall–Kier alpha value is -1.92. The van der Waals surface area contributed by atoms with E-state index in [0.717, 1.165) is 25.1 Å². The van der Waals surface area contributed by atoms with E-state index in [0.29, 0.717) is 18.7 Å². The van der Waals surface area contributed by atoms with Gasteiger partial charge in [0.15, 0.2) is 0 Å². The topological polar surface area (TPSA) is 79.5 Å². The van der Waals surface area contributed by atoms with E-state index < -0.39 is 0 Å². The lowest BCUT2D eigenvalue weighted by Gasteiger charge is -2.11. The number of hydrogen-bond acceptors (Lipinski definition) is 4. The molecule has 1 aromatic carbocycles. The molecule has 0 bridgehead atoms. The maximum atomic E-state index is 11.8. The molecule has 0 aromatic heterocycles. The van der Waals surface area contributed by atoms with Gasteiger partial charge in [-0.15, -0.1) is 0 Å². The first-order valence-electron chi connectivity index (χ1n) is 7.69. The minimum Gasteiger partial charge on any atom is -0.377 e. The Morgan fingerprint density at radius 1 is 1.14 bits per heavy atom. The highest BCUT2D eigenvalue weighted by atomic mass is 16.5. The zero-order chi connectivity index (χ0) is 15.8. The Morgan fingerprint density at radius 3 is 2.32 bits per heavy atom. The summed E-state index contributed by atoms with van der Waals surface area (Å²) < 4.78 is 5.48. The molecule has 0 spiro atoms. The van der Waals surface area contributed by atoms with Crippen molar-refractivity contribution < 1.29 is 14.3 Å². The molecule has 120 valence electrons. The summed E-state index contributed by atoms with van der Waals surface area (Å²) in [5.41, 5.74) is 1.43. The van der Waals surface area contributed by atoms with Crippen LogP contribution in [0.4, 0.5) is 11.4 Å². The molecule has 1 aliphatic heterocycles. The summed E-state index contributed by atoms with van der Waals surface area (Å²) in [7, 11) is 0. The van der Waals surface area contributed by atoms with Crippen molar-refractivity contribution in [3.05, 3.63) is 24.3 Å². The van der Waals surface area contributed by atoms with Gasteiger partial charge in [0, 0.05) is 30.9 Å². The number of hydrogen-bond donors (Lipinski definition) is 3. The summed E-state index contributed by atoms with van der Waals surface area (Å²) >= 11 is 0. The number of amides is 2. The number of rotatable bonds is 7. The SMILES string of the molecule is CCC(=O)Nc1ccc(NC(=O)CNCC2CCCO2)cc1. The fraction of sp³-hybridized carbons (Fsp3) is 0.500. The van der Waals surface area contributed by atoms with E-state index in [-0.39, 0.29) is 24.5 Å². The van der Waals surface area contributed by atoms with E-state index in [2.05, 4.69) is 16.0 Å². The summed E-state index contributed by atoms with van der Waals surface area (Å²) in [6.45, 7) is 3.58. The zero-order valence-corrected chi connectivity index (χ0v) is 12.9. The lowest BCUT2D eigenvalue weighted by atomic mass is 10.2. The van der Waals surface area contributed by atoms with Crippen LogP contribution < -0.4 is 16.0 Å². The maximum absolute atomic E-state index is 11.8. The van der Waals surface area contributed by atoms with Gasteiger partial charge in [-0.2, -0.15) is 0 Å². The van der Waals surface area contributed by atoms with Gasteiger partial charge in [0.2, 0.25) is 11.8 Å². The number of benzene rings is 1. The van der Waals surface area contributed by atoms with Gasteiger partial charge in [-0.3, -0.25) is 9.59 Å². The molecule has 2 rings (SSSR count). The lowest BCUT2D eigenvalue weighted by molar-refractivity contribution is -0.116. The first kappa shape index (κ1) is 16.5. The first-order chi connectivity index (χ1) is 10.7. The van der Waals surface area contributed by atoms with Crippen molar-refractivity contribution >= 4 is 23.2 Å². The van der Waals surface area contributed by atoms with E-state index in [4.69, 9.17) is 4.74 Å². The van der Waals surface area contributed by atoms with Crippen LogP contribution in [0.2, 0.25) is 0 Å². The smallest absolute Gasteiger partial charge is 0.238 e. The maximum Gasteiger partial charge on any atom is 0.238 e. The number of anilines is 2. The molecule has 1 aromatic rings. The second-order valence-corrected chi connectivity index (χ2v) is 5.29. The van der Waals surface area contributed by atoms with Crippen molar-refractivity contribution in [3.8, 4) is 0 Å². The summed E-state index contributed by atoms with van der Waals surface area (Å²) in [5.74, 6) is -0.126. The number of carbonyl (C=O) groups is 2.